The summed E-state index contributed by atoms with van der Waals surface area (Å²) >= 11 is 11.9. The van der Waals surface area contributed by atoms with E-state index < -0.39 is 23.6 Å². The van der Waals surface area contributed by atoms with Crippen molar-refractivity contribution in [1.82, 2.24) is 4.90 Å². The number of carbonyl (C=O) groups is 4. The Kier molecular flexibility index (Phi) is 4.43. The predicted molar refractivity (Wildman–Crippen MR) is 115 cm³/mol. The average Bonchev–Trinajstić information content (AvgIpc) is 3.13. The smallest absolute Gasteiger partial charge is 0.266 e. The Labute approximate surface area is 186 Å². The second-order valence-corrected chi connectivity index (χ2v) is 8.06. The van der Waals surface area contributed by atoms with Crippen LogP contribution in [0.1, 0.15) is 47.0 Å². The molecule has 0 spiro atoms. The fourth-order valence-corrected chi connectivity index (χ4v) is 4.17. The lowest BCUT2D eigenvalue weighted by atomic mass is 10.1. The van der Waals surface area contributed by atoms with Gasteiger partial charge in [-0.3, -0.25) is 24.1 Å². The van der Waals surface area contributed by atoms with Crippen molar-refractivity contribution in [2.75, 3.05) is 4.90 Å². The maximum absolute atomic E-state index is 12.8. The van der Waals surface area contributed by atoms with E-state index in [1.165, 1.54) is 24.3 Å². The van der Waals surface area contributed by atoms with Crippen LogP contribution in [0.2, 0.25) is 10.0 Å². The summed E-state index contributed by atoms with van der Waals surface area (Å²) in [7, 11) is 0. The van der Waals surface area contributed by atoms with Crippen LogP contribution in [0.5, 0.6) is 0 Å². The summed E-state index contributed by atoms with van der Waals surface area (Å²) in [6.45, 7) is -0.00714. The molecule has 0 fully saturated rings. The lowest BCUT2D eigenvalue weighted by Crippen LogP contribution is -2.30. The molecule has 0 radical (unpaired) electrons. The normalized spacial score (nSPS) is 15.0. The molecule has 3 aromatic carbocycles. The number of benzene rings is 3. The lowest BCUT2D eigenvalue weighted by Gasteiger charge is -2.17. The molecule has 152 valence electrons. The van der Waals surface area contributed by atoms with Gasteiger partial charge in [-0.2, -0.15) is 0 Å². The molecule has 2 aliphatic rings. The molecule has 0 N–H and O–H groups in total. The van der Waals surface area contributed by atoms with Crippen LogP contribution in [0, 0.1) is 0 Å². The minimum Gasteiger partial charge on any atom is -0.270 e. The third kappa shape index (κ3) is 3.03. The zero-order valence-corrected chi connectivity index (χ0v) is 17.3. The molecule has 3 aromatic rings. The fourth-order valence-electron chi connectivity index (χ4n) is 3.83. The minimum atomic E-state index is -0.477. The van der Waals surface area contributed by atoms with Gasteiger partial charge in [0.05, 0.1) is 34.5 Å². The van der Waals surface area contributed by atoms with E-state index in [9.17, 15) is 19.2 Å². The highest BCUT2D eigenvalue weighted by atomic mass is 35.5. The third-order valence-corrected chi connectivity index (χ3v) is 5.76. The standard InChI is InChI=1S/C23H12Cl2N2O4/c24-13-4-6-16-18(9-13)21(29)26(20(16)28)11-12-2-1-3-15(8-12)27-22(30)17-7-5-14(25)10-19(17)23(27)31/h1-10H,11H2. The van der Waals surface area contributed by atoms with Gasteiger partial charge in [0.1, 0.15) is 0 Å². The first-order valence-electron chi connectivity index (χ1n) is 9.28. The minimum absolute atomic E-state index is 0.00714. The van der Waals surface area contributed by atoms with E-state index >= 15 is 0 Å². The predicted octanol–water partition coefficient (Wildman–Crippen LogP) is 4.59. The molecule has 2 aliphatic heterocycles. The maximum atomic E-state index is 12.8. The van der Waals surface area contributed by atoms with Crippen LogP contribution in [0.25, 0.3) is 0 Å². The molecule has 2 heterocycles. The van der Waals surface area contributed by atoms with Gasteiger partial charge in [-0.1, -0.05) is 35.3 Å². The van der Waals surface area contributed by atoms with Crippen molar-refractivity contribution in [3.05, 3.63) is 98.5 Å². The summed E-state index contributed by atoms with van der Waals surface area (Å²) in [5.41, 5.74) is 2.00. The van der Waals surface area contributed by atoms with Gasteiger partial charge in [0.2, 0.25) is 0 Å². The van der Waals surface area contributed by atoms with Gasteiger partial charge < -0.3 is 0 Å². The Hall–Kier alpha value is -3.48. The molecule has 0 unspecified atom stereocenters. The quantitative estimate of drug-likeness (QED) is 0.546. The summed E-state index contributed by atoms with van der Waals surface area (Å²) in [5, 5.41) is 0.732. The van der Waals surface area contributed by atoms with Gasteiger partial charge in [0.15, 0.2) is 0 Å². The Morgan fingerprint density at radius 2 is 1.16 bits per heavy atom. The SMILES string of the molecule is O=C1c2ccc(Cl)cc2C(=O)N1Cc1cccc(N2C(=O)c3ccc(Cl)cc3C2=O)c1. The van der Waals surface area contributed by atoms with Gasteiger partial charge in [0, 0.05) is 10.0 Å². The fraction of sp³-hybridized carbons (Fsp3) is 0.0435. The highest BCUT2D eigenvalue weighted by molar-refractivity contribution is 6.36. The van der Waals surface area contributed by atoms with Crippen LogP contribution in [0.4, 0.5) is 5.69 Å². The van der Waals surface area contributed by atoms with Gasteiger partial charge in [-0.25, -0.2) is 4.90 Å². The molecule has 31 heavy (non-hydrogen) atoms. The number of hydrogen-bond acceptors (Lipinski definition) is 4. The highest BCUT2D eigenvalue weighted by Crippen LogP contribution is 2.32. The van der Waals surface area contributed by atoms with E-state index in [1.807, 2.05) is 0 Å². The topological polar surface area (TPSA) is 74.8 Å². The zero-order chi connectivity index (χ0) is 21.9. The van der Waals surface area contributed by atoms with Gasteiger partial charge in [0.25, 0.3) is 23.6 Å². The molecule has 0 atom stereocenters. The van der Waals surface area contributed by atoms with E-state index in [-0.39, 0.29) is 23.2 Å². The molecular formula is C23H12Cl2N2O4. The number of anilines is 1. The number of fused-ring (bicyclic) bond motifs is 2. The van der Waals surface area contributed by atoms with Crippen LogP contribution in [-0.4, -0.2) is 28.5 Å². The molecule has 0 saturated carbocycles. The van der Waals surface area contributed by atoms with Crippen molar-refractivity contribution in [2.24, 2.45) is 0 Å². The van der Waals surface area contributed by atoms with E-state index in [1.54, 1.807) is 36.4 Å². The molecule has 6 nitrogen and oxygen atoms in total. The van der Waals surface area contributed by atoms with Crippen LogP contribution in [0.3, 0.4) is 0 Å². The molecule has 5 rings (SSSR count). The second kappa shape index (κ2) is 7.04. The van der Waals surface area contributed by atoms with Crippen molar-refractivity contribution >= 4 is 52.5 Å². The number of nitrogens with zero attached hydrogens (tertiary/aromatic N) is 2. The molecule has 0 saturated heterocycles. The summed E-state index contributed by atoms with van der Waals surface area (Å²) in [6, 6.07) is 15.7. The van der Waals surface area contributed by atoms with Crippen molar-refractivity contribution in [2.45, 2.75) is 6.54 Å². The van der Waals surface area contributed by atoms with Crippen LogP contribution in [-0.2, 0) is 6.54 Å². The third-order valence-electron chi connectivity index (χ3n) is 5.29. The van der Waals surface area contributed by atoms with Crippen LogP contribution in [0.15, 0.2) is 60.7 Å². The number of imide groups is 2. The number of amides is 4. The Morgan fingerprint density at radius 1 is 0.613 bits per heavy atom. The average molecular weight is 451 g/mol. The largest absolute Gasteiger partial charge is 0.270 e. The number of hydrogen-bond donors (Lipinski definition) is 0. The lowest BCUT2D eigenvalue weighted by molar-refractivity contribution is 0.0641. The van der Waals surface area contributed by atoms with Crippen molar-refractivity contribution in [1.29, 1.82) is 0 Å². The summed E-state index contributed by atoms with van der Waals surface area (Å²) in [6.07, 6.45) is 0. The Balaban J connectivity index is 1.45. The van der Waals surface area contributed by atoms with E-state index in [2.05, 4.69) is 0 Å². The van der Waals surface area contributed by atoms with Crippen LogP contribution >= 0.6 is 23.2 Å². The van der Waals surface area contributed by atoms with Crippen molar-refractivity contribution in [3.8, 4) is 0 Å². The molecule has 0 bridgehead atoms. The van der Waals surface area contributed by atoms with E-state index in [0.29, 0.717) is 26.9 Å². The number of halogens is 2. The molecule has 4 amide bonds. The Morgan fingerprint density at radius 3 is 1.84 bits per heavy atom. The van der Waals surface area contributed by atoms with Gasteiger partial charge in [-0.15, -0.1) is 0 Å². The summed E-state index contributed by atoms with van der Waals surface area (Å²) in [5.74, 6) is -1.79. The Bertz CT molecular complexity index is 1330. The summed E-state index contributed by atoms with van der Waals surface area (Å²) in [4.78, 5) is 53.2. The molecule has 0 aromatic heterocycles. The van der Waals surface area contributed by atoms with E-state index in [4.69, 9.17) is 23.2 Å². The first-order valence-corrected chi connectivity index (χ1v) is 10.0. The molecular weight excluding hydrogens is 439 g/mol. The first-order chi connectivity index (χ1) is 14.8. The number of rotatable bonds is 3. The molecule has 8 heteroatoms. The van der Waals surface area contributed by atoms with Crippen LogP contribution < -0.4 is 4.90 Å². The van der Waals surface area contributed by atoms with Crippen molar-refractivity contribution < 1.29 is 19.2 Å². The second-order valence-electron chi connectivity index (χ2n) is 7.19. The zero-order valence-electron chi connectivity index (χ0n) is 15.8. The maximum Gasteiger partial charge on any atom is 0.266 e. The monoisotopic (exact) mass is 450 g/mol. The summed E-state index contributed by atoms with van der Waals surface area (Å²) < 4.78 is 0. The van der Waals surface area contributed by atoms with Crippen molar-refractivity contribution in [3.63, 3.8) is 0 Å². The molecule has 0 aliphatic carbocycles. The number of carbonyl (C=O) groups excluding carboxylic acids is 4. The highest BCUT2D eigenvalue weighted by Gasteiger charge is 2.38. The van der Waals surface area contributed by atoms with Gasteiger partial charge >= 0.3 is 0 Å². The van der Waals surface area contributed by atoms with E-state index in [0.717, 1.165) is 9.80 Å². The van der Waals surface area contributed by atoms with Gasteiger partial charge in [-0.05, 0) is 54.1 Å². The first kappa shape index (κ1) is 19.5.